The van der Waals surface area contributed by atoms with Gasteiger partial charge in [-0.2, -0.15) is 0 Å². The zero-order chi connectivity index (χ0) is 5.82. The fourth-order valence-electron chi connectivity index (χ4n) is 0.645. The van der Waals surface area contributed by atoms with Crippen LogP contribution in [-0.2, 0) is 6.54 Å². The van der Waals surface area contributed by atoms with Gasteiger partial charge in [0.05, 0.1) is 6.54 Å². The van der Waals surface area contributed by atoms with Gasteiger partial charge in [-0.25, -0.2) is 0 Å². The maximum absolute atomic E-state index is 3.76. The first-order valence-electron chi connectivity index (χ1n) is 2.76. The number of benzene rings is 1. The van der Waals surface area contributed by atoms with Gasteiger partial charge in [-0.05, 0) is 0 Å². The van der Waals surface area contributed by atoms with Crippen LogP contribution in [0.15, 0.2) is 30.3 Å². The fourth-order valence-corrected chi connectivity index (χ4v) is 0.645. The third-order valence-corrected chi connectivity index (χ3v) is 1.13. The van der Waals surface area contributed by atoms with Gasteiger partial charge in [0.25, 0.3) is 0 Å². The Kier molecular flexibility index (Phi) is 15.7. The molecule has 0 aliphatic carbocycles. The number of hydrogen-bond acceptors (Lipinski definition) is 0. The third kappa shape index (κ3) is 6.45. The van der Waals surface area contributed by atoms with E-state index in [4.69, 9.17) is 0 Å². The lowest BCUT2D eigenvalue weighted by molar-refractivity contribution is -0.386. The summed E-state index contributed by atoms with van der Waals surface area (Å²) < 4.78 is 0. The SMILES string of the molecule is [Cl-].[Cl-].[Cl-].[NH3+]Cc1ccccc1. The van der Waals surface area contributed by atoms with E-state index < -0.39 is 0 Å². The van der Waals surface area contributed by atoms with Crippen LogP contribution in [0.4, 0.5) is 0 Å². The Morgan fingerprint density at radius 2 is 1.36 bits per heavy atom. The van der Waals surface area contributed by atoms with Crippen LogP contribution in [0.25, 0.3) is 0 Å². The number of hydrogen-bond donors (Lipinski definition) is 1. The average molecular weight is 215 g/mol. The van der Waals surface area contributed by atoms with Gasteiger partial charge in [-0.3, -0.25) is 0 Å². The number of quaternary nitrogens is 1. The molecule has 0 radical (unpaired) electrons. The van der Waals surface area contributed by atoms with Crippen molar-refractivity contribution in [3.8, 4) is 0 Å². The summed E-state index contributed by atoms with van der Waals surface area (Å²) >= 11 is 0. The van der Waals surface area contributed by atoms with Crippen molar-refractivity contribution in [1.29, 1.82) is 0 Å². The molecular formula is C7H10Cl3N-2. The van der Waals surface area contributed by atoms with Crippen molar-refractivity contribution in [3.63, 3.8) is 0 Å². The normalized spacial score (nSPS) is 6.64. The first-order chi connectivity index (χ1) is 3.93. The van der Waals surface area contributed by atoms with E-state index in [1.165, 1.54) is 5.56 Å². The highest BCUT2D eigenvalue weighted by atomic mass is 35.5. The van der Waals surface area contributed by atoms with Gasteiger partial charge in [0.15, 0.2) is 0 Å². The standard InChI is InChI=1S/C7H9N.3ClH/c8-6-7-4-2-1-3-5-7;;;/h1-5H,6,8H2;3*1H/p-2. The van der Waals surface area contributed by atoms with Crippen LogP contribution in [-0.4, -0.2) is 0 Å². The Morgan fingerprint density at radius 1 is 0.909 bits per heavy atom. The zero-order valence-corrected chi connectivity index (χ0v) is 8.20. The van der Waals surface area contributed by atoms with Crippen LogP contribution in [0, 0.1) is 0 Å². The molecule has 0 spiro atoms. The molecule has 0 aromatic heterocycles. The Bertz CT molecular complexity index is 155. The summed E-state index contributed by atoms with van der Waals surface area (Å²) in [7, 11) is 0. The molecule has 1 aromatic carbocycles. The van der Waals surface area contributed by atoms with E-state index >= 15 is 0 Å². The van der Waals surface area contributed by atoms with Gasteiger partial charge >= 0.3 is 0 Å². The van der Waals surface area contributed by atoms with Crippen molar-refractivity contribution in [2.24, 2.45) is 0 Å². The molecule has 0 unspecified atom stereocenters. The molecular weight excluding hydrogens is 204 g/mol. The molecule has 4 heteroatoms. The molecule has 0 atom stereocenters. The molecule has 0 amide bonds. The zero-order valence-electron chi connectivity index (χ0n) is 5.93. The highest BCUT2D eigenvalue weighted by Gasteiger charge is 1.82. The fraction of sp³-hybridized carbons (Fsp3) is 0.143. The van der Waals surface area contributed by atoms with Crippen LogP contribution in [0.1, 0.15) is 5.56 Å². The summed E-state index contributed by atoms with van der Waals surface area (Å²) in [4.78, 5) is 0. The second-order valence-electron chi connectivity index (χ2n) is 1.74. The van der Waals surface area contributed by atoms with E-state index in [1.807, 2.05) is 18.2 Å². The predicted octanol–water partition coefficient (Wildman–Crippen LogP) is -8.56. The van der Waals surface area contributed by atoms with Crippen molar-refractivity contribution in [3.05, 3.63) is 35.9 Å². The molecule has 0 aliphatic heterocycles. The highest BCUT2D eigenvalue weighted by molar-refractivity contribution is 5.12. The van der Waals surface area contributed by atoms with Crippen LogP contribution in [0.5, 0.6) is 0 Å². The first kappa shape index (κ1) is 17.2. The lowest BCUT2D eigenvalue weighted by Gasteiger charge is -1.87. The van der Waals surface area contributed by atoms with Crippen LogP contribution in [0.2, 0.25) is 0 Å². The van der Waals surface area contributed by atoms with Crippen molar-refractivity contribution in [1.82, 2.24) is 0 Å². The number of rotatable bonds is 1. The molecule has 1 rings (SSSR count). The van der Waals surface area contributed by atoms with E-state index in [2.05, 4.69) is 17.9 Å². The summed E-state index contributed by atoms with van der Waals surface area (Å²) in [5.74, 6) is 0. The maximum atomic E-state index is 3.76. The molecule has 3 N–H and O–H groups in total. The van der Waals surface area contributed by atoms with Crippen molar-refractivity contribution >= 4 is 0 Å². The Morgan fingerprint density at radius 3 is 1.64 bits per heavy atom. The average Bonchev–Trinajstić information content (AvgIpc) is 1.90. The van der Waals surface area contributed by atoms with Crippen LogP contribution >= 0.6 is 0 Å². The quantitative estimate of drug-likeness (QED) is 0.481. The second-order valence-corrected chi connectivity index (χ2v) is 1.74. The molecule has 0 heterocycles. The van der Waals surface area contributed by atoms with E-state index in [0.29, 0.717) is 0 Å². The van der Waals surface area contributed by atoms with Gasteiger partial charge < -0.3 is 43.0 Å². The summed E-state index contributed by atoms with van der Waals surface area (Å²) in [6.07, 6.45) is 0. The summed E-state index contributed by atoms with van der Waals surface area (Å²) in [5.41, 5.74) is 5.05. The summed E-state index contributed by atoms with van der Waals surface area (Å²) in [6.45, 7) is 0.890. The molecule has 0 saturated heterocycles. The Balaban J connectivity index is -0.000000213. The first-order valence-corrected chi connectivity index (χ1v) is 2.76. The molecule has 1 nitrogen and oxygen atoms in total. The molecule has 66 valence electrons. The van der Waals surface area contributed by atoms with Gasteiger partial charge in [0, 0.05) is 5.56 Å². The maximum Gasteiger partial charge on any atom is 0.0997 e. The minimum absolute atomic E-state index is 0. The molecule has 0 fully saturated rings. The minimum atomic E-state index is 0. The minimum Gasteiger partial charge on any atom is -1.00 e. The lowest BCUT2D eigenvalue weighted by atomic mass is 10.2. The lowest BCUT2D eigenvalue weighted by Crippen LogP contribution is -3.00. The van der Waals surface area contributed by atoms with Crippen molar-refractivity contribution in [2.45, 2.75) is 6.54 Å². The van der Waals surface area contributed by atoms with E-state index in [-0.39, 0.29) is 37.2 Å². The third-order valence-electron chi connectivity index (χ3n) is 1.13. The monoisotopic (exact) mass is 213 g/mol. The van der Waals surface area contributed by atoms with Crippen molar-refractivity contribution in [2.75, 3.05) is 0 Å². The Hall–Kier alpha value is 0.0500. The predicted molar refractivity (Wildman–Crippen MR) is 33.0 cm³/mol. The van der Waals surface area contributed by atoms with E-state index in [1.54, 1.807) is 0 Å². The summed E-state index contributed by atoms with van der Waals surface area (Å²) in [5, 5.41) is 0. The number of halogens is 3. The molecule has 11 heavy (non-hydrogen) atoms. The molecule has 0 bridgehead atoms. The van der Waals surface area contributed by atoms with Gasteiger partial charge in [-0.1, -0.05) is 30.3 Å². The van der Waals surface area contributed by atoms with Crippen molar-refractivity contribution < 1.29 is 43.0 Å². The smallest absolute Gasteiger partial charge is 0.0997 e. The molecule has 0 aliphatic rings. The van der Waals surface area contributed by atoms with Crippen LogP contribution < -0.4 is 43.0 Å². The van der Waals surface area contributed by atoms with Gasteiger partial charge in [0.1, 0.15) is 0 Å². The highest BCUT2D eigenvalue weighted by Crippen LogP contribution is 1.93. The topological polar surface area (TPSA) is 27.6 Å². The van der Waals surface area contributed by atoms with Gasteiger partial charge in [-0.15, -0.1) is 0 Å². The van der Waals surface area contributed by atoms with E-state index in [0.717, 1.165) is 6.54 Å². The molecule has 0 saturated carbocycles. The van der Waals surface area contributed by atoms with Crippen LogP contribution in [0.3, 0.4) is 0 Å². The molecule has 1 aromatic rings. The van der Waals surface area contributed by atoms with E-state index in [9.17, 15) is 0 Å². The van der Waals surface area contributed by atoms with Gasteiger partial charge in [0.2, 0.25) is 0 Å². The second kappa shape index (κ2) is 10.0. The summed E-state index contributed by atoms with van der Waals surface area (Å²) in [6, 6.07) is 10.2. The largest absolute Gasteiger partial charge is 1.00 e. The Labute approximate surface area is 85.6 Å².